The largest absolute Gasteiger partial charge is 0.495 e. The second kappa shape index (κ2) is 19.6. The Kier molecular flexibility index (Phi) is 14.0. The molecule has 12 nitrogen and oxygen atoms in total. The van der Waals surface area contributed by atoms with Crippen LogP contribution in [0.5, 0.6) is 5.75 Å². The number of aromatic nitrogens is 4. The molecular weight excluding hydrogens is 812 g/mol. The highest BCUT2D eigenvalue weighted by atomic mass is 19.4. The fourth-order valence-corrected chi connectivity index (χ4v) is 7.33. The molecule has 0 radical (unpaired) electrons. The summed E-state index contributed by atoms with van der Waals surface area (Å²) in [4.78, 5) is 41.8. The number of halogens is 5. The highest BCUT2D eigenvalue weighted by Crippen LogP contribution is 2.32. The fraction of sp³-hybridized carbons (Fsp3) is 0.267. The minimum atomic E-state index is -4.40. The van der Waals surface area contributed by atoms with Crippen LogP contribution in [0.1, 0.15) is 37.9 Å². The van der Waals surface area contributed by atoms with Crippen LogP contribution in [0, 0.1) is 25.5 Å². The van der Waals surface area contributed by atoms with Crippen molar-refractivity contribution in [3.63, 3.8) is 0 Å². The Morgan fingerprint density at radius 2 is 1.03 bits per heavy atom. The molecule has 2 aliphatic heterocycles. The highest BCUT2D eigenvalue weighted by Gasteiger charge is 2.32. The Morgan fingerprint density at radius 1 is 0.581 bits per heavy atom. The first-order valence-corrected chi connectivity index (χ1v) is 19.6. The number of rotatable bonds is 7. The van der Waals surface area contributed by atoms with Gasteiger partial charge in [-0.1, -0.05) is 30.3 Å². The van der Waals surface area contributed by atoms with Gasteiger partial charge in [0.05, 0.1) is 41.1 Å². The van der Waals surface area contributed by atoms with Crippen LogP contribution in [0.2, 0.25) is 0 Å². The minimum Gasteiger partial charge on any atom is -0.495 e. The van der Waals surface area contributed by atoms with E-state index in [2.05, 4.69) is 15.1 Å². The Hall–Kier alpha value is -7.04. The number of benzene rings is 4. The third-order valence-electron chi connectivity index (χ3n) is 10.3. The van der Waals surface area contributed by atoms with Crippen molar-refractivity contribution in [1.29, 1.82) is 0 Å². The molecule has 2 fully saturated rings. The number of hydrogen-bond donors (Lipinski definition) is 0. The number of para-hydroxylation sites is 2. The number of carbonyl (C=O) groups is 3. The summed E-state index contributed by atoms with van der Waals surface area (Å²) in [5, 5.41) is 8.72. The molecule has 0 saturated carbocycles. The Labute approximate surface area is 355 Å². The van der Waals surface area contributed by atoms with Gasteiger partial charge >= 0.3 is 6.18 Å². The molecule has 2 amide bonds. The molecule has 6 aromatic rings. The number of piperazine rings is 2. The van der Waals surface area contributed by atoms with Gasteiger partial charge in [0.15, 0.2) is 0 Å². The van der Waals surface area contributed by atoms with Gasteiger partial charge in [-0.25, -0.2) is 18.1 Å². The van der Waals surface area contributed by atoms with Gasteiger partial charge in [0.1, 0.15) is 35.6 Å². The third-order valence-corrected chi connectivity index (χ3v) is 10.3. The standard InChI is InChI=1S/C22H20F4N4O.C22H23FN4O2.CH2O/c1-15-12-20(30(27-15)19-7-3-5-17(23)14-19)21(31)29-10-8-28(9-11-29)18-6-2-4-16(13-18)22(24,25)26;1-16-14-20(27(24-16)18-7-5-6-17(23)15-18)22(28)26-12-10-25(11-13-26)19-8-3-4-9-21(19)29-2;1-2/h2-7,12-14H,8-11H2,1H3;3-9,14-15H,10-13H2,1-2H3;1H2. The van der Waals surface area contributed by atoms with Crippen molar-refractivity contribution in [2.24, 2.45) is 0 Å². The molecule has 0 atom stereocenters. The van der Waals surface area contributed by atoms with Crippen LogP contribution in [0.15, 0.2) is 109 Å². The lowest BCUT2D eigenvalue weighted by Crippen LogP contribution is -2.49. The van der Waals surface area contributed by atoms with Crippen molar-refractivity contribution in [3.8, 4) is 17.1 Å². The van der Waals surface area contributed by atoms with E-state index in [1.54, 1.807) is 61.4 Å². The summed E-state index contributed by atoms with van der Waals surface area (Å²) >= 11 is 0. The van der Waals surface area contributed by atoms with E-state index in [4.69, 9.17) is 9.53 Å². The van der Waals surface area contributed by atoms with Gasteiger partial charge in [-0.2, -0.15) is 23.4 Å². The predicted molar refractivity (Wildman–Crippen MR) is 224 cm³/mol. The zero-order valence-corrected chi connectivity index (χ0v) is 34.4. The SMILES string of the molecule is C=O.COc1ccccc1N1CCN(C(=O)c2cc(C)nn2-c2cccc(F)c2)CC1.Cc1cc(C(=O)N2CCN(c3cccc(C(F)(F)F)c3)CC2)n(-c2cccc(F)c2)n1. The van der Waals surface area contributed by atoms with E-state index < -0.39 is 17.6 Å². The number of amides is 2. The van der Waals surface area contributed by atoms with Gasteiger partial charge in [0.25, 0.3) is 11.8 Å². The van der Waals surface area contributed by atoms with Crippen LogP contribution < -0.4 is 14.5 Å². The van der Waals surface area contributed by atoms with Gasteiger partial charge in [-0.3, -0.25) is 9.59 Å². The van der Waals surface area contributed by atoms with E-state index in [1.165, 1.54) is 39.7 Å². The first-order chi connectivity index (χ1) is 29.8. The third kappa shape index (κ3) is 10.3. The van der Waals surface area contributed by atoms with E-state index in [0.29, 0.717) is 92.2 Å². The van der Waals surface area contributed by atoms with Crippen molar-refractivity contribution >= 4 is 30.0 Å². The topological polar surface area (TPSA) is 109 Å². The molecule has 0 N–H and O–H groups in total. The van der Waals surface area contributed by atoms with Crippen molar-refractivity contribution < 1.29 is 41.1 Å². The van der Waals surface area contributed by atoms with Crippen LogP contribution in [0.25, 0.3) is 11.4 Å². The lowest BCUT2D eigenvalue weighted by Gasteiger charge is -2.36. The second-order valence-electron chi connectivity index (χ2n) is 14.4. The molecule has 0 bridgehead atoms. The molecule has 2 saturated heterocycles. The average Bonchev–Trinajstić information content (AvgIpc) is 3.89. The molecule has 4 aromatic carbocycles. The number of anilines is 2. The van der Waals surface area contributed by atoms with Gasteiger partial charge < -0.3 is 29.1 Å². The van der Waals surface area contributed by atoms with Crippen molar-refractivity contribution in [1.82, 2.24) is 29.4 Å². The predicted octanol–water partition coefficient (Wildman–Crippen LogP) is 7.41. The summed E-state index contributed by atoms with van der Waals surface area (Å²) in [7, 11) is 1.66. The molecule has 17 heteroatoms. The molecule has 62 heavy (non-hydrogen) atoms. The van der Waals surface area contributed by atoms with E-state index in [-0.39, 0.29) is 17.6 Å². The zero-order valence-electron chi connectivity index (χ0n) is 34.4. The average molecular weight is 857 g/mol. The fourth-order valence-electron chi connectivity index (χ4n) is 7.33. The first kappa shape index (κ1) is 44.5. The zero-order chi connectivity index (χ0) is 44.6. The molecule has 0 unspecified atom stereocenters. The van der Waals surface area contributed by atoms with Gasteiger partial charge in [0.2, 0.25) is 0 Å². The summed E-state index contributed by atoms with van der Waals surface area (Å²) in [6.45, 7) is 9.67. The first-order valence-electron chi connectivity index (χ1n) is 19.6. The monoisotopic (exact) mass is 856 g/mol. The summed E-state index contributed by atoms with van der Waals surface area (Å²) in [6, 6.07) is 28.4. The number of hydrogen-bond acceptors (Lipinski definition) is 8. The van der Waals surface area contributed by atoms with E-state index in [0.717, 1.165) is 23.6 Å². The maximum Gasteiger partial charge on any atom is 0.416 e. The van der Waals surface area contributed by atoms with E-state index in [1.807, 2.05) is 47.8 Å². The van der Waals surface area contributed by atoms with Crippen LogP contribution in [0.4, 0.5) is 33.3 Å². The Bertz CT molecular complexity index is 2490. The Morgan fingerprint density at radius 3 is 1.50 bits per heavy atom. The molecule has 4 heterocycles. The Balaban J connectivity index is 0.000000199. The van der Waals surface area contributed by atoms with Crippen LogP contribution >= 0.6 is 0 Å². The molecule has 0 aliphatic carbocycles. The maximum absolute atomic E-state index is 13.7. The van der Waals surface area contributed by atoms with Crippen LogP contribution in [0.3, 0.4) is 0 Å². The maximum atomic E-state index is 13.7. The number of ether oxygens (including phenoxy) is 1. The number of nitrogens with zero attached hydrogens (tertiary/aromatic N) is 8. The lowest BCUT2D eigenvalue weighted by atomic mass is 10.1. The molecule has 8 rings (SSSR count). The van der Waals surface area contributed by atoms with Crippen LogP contribution in [-0.4, -0.2) is 107 Å². The van der Waals surface area contributed by atoms with Crippen LogP contribution in [-0.2, 0) is 11.0 Å². The van der Waals surface area contributed by atoms with Crippen molar-refractivity contribution in [3.05, 3.63) is 149 Å². The van der Waals surface area contributed by atoms with Crippen molar-refractivity contribution in [2.75, 3.05) is 69.3 Å². The smallest absolute Gasteiger partial charge is 0.416 e. The molecular formula is C45H45F5N8O4. The number of carbonyl (C=O) groups excluding carboxylic acids is 3. The van der Waals surface area contributed by atoms with E-state index in [9.17, 15) is 31.5 Å². The number of aryl methyl sites for hydroxylation is 2. The summed E-state index contributed by atoms with van der Waals surface area (Å²) in [5.74, 6) is -0.326. The second-order valence-corrected chi connectivity index (χ2v) is 14.4. The van der Waals surface area contributed by atoms with Crippen molar-refractivity contribution in [2.45, 2.75) is 20.0 Å². The molecule has 0 spiro atoms. The number of methoxy groups -OCH3 is 1. The lowest BCUT2D eigenvalue weighted by molar-refractivity contribution is -0.137. The summed E-state index contributed by atoms with van der Waals surface area (Å²) < 4.78 is 74.7. The summed E-state index contributed by atoms with van der Waals surface area (Å²) in [5.41, 5.74) is 3.88. The van der Waals surface area contributed by atoms with Gasteiger partial charge in [-0.15, -0.1) is 0 Å². The van der Waals surface area contributed by atoms with E-state index >= 15 is 0 Å². The molecule has 324 valence electrons. The quantitative estimate of drug-likeness (QED) is 0.153. The summed E-state index contributed by atoms with van der Waals surface area (Å²) in [6.07, 6.45) is -4.40. The van der Waals surface area contributed by atoms with Gasteiger partial charge in [-0.05, 0) is 92.7 Å². The minimum absolute atomic E-state index is 0.102. The highest BCUT2D eigenvalue weighted by molar-refractivity contribution is 5.94. The number of alkyl halides is 3. The molecule has 2 aliphatic rings. The normalized spacial score (nSPS) is 14.1. The van der Waals surface area contributed by atoms with Gasteiger partial charge in [0, 0.05) is 58.0 Å². The molecule has 2 aromatic heterocycles.